The quantitative estimate of drug-likeness (QED) is 0.560. The van der Waals surface area contributed by atoms with Gasteiger partial charge in [0.05, 0.1) is 17.2 Å². The zero-order valence-electron chi connectivity index (χ0n) is 8.01. The van der Waals surface area contributed by atoms with E-state index in [9.17, 15) is 0 Å². The summed E-state index contributed by atoms with van der Waals surface area (Å²) in [4.78, 5) is 8.48. The van der Waals surface area contributed by atoms with Crippen LogP contribution in [-0.2, 0) is 0 Å². The van der Waals surface area contributed by atoms with Crippen molar-refractivity contribution in [3.63, 3.8) is 0 Å². The number of nitrogens with zero attached hydrogens (tertiary/aromatic N) is 2. The first-order valence-corrected chi connectivity index (χ1v) is 4.74. The molecule has 0 saturated carbocycles. The van der Waals surface area contributed by atoms with Gasteiger partial charge in [-0.25, -0.2) is 4.98 Å². The summed E-state index contributed by atoms with van der Waals surface area (Å²) in [5.74, 6) is 0.456. The number of anilines is 1. The van der Waals surface area contributed by atoms with E-state index in [0.717, 1.165) is 16.4 Å². The lowest BCUT2D eigenvalue weighted by molar-refractivity contribution is 1.31. The molecule has 1 aromatic heterocycles. The van der Waals surface area contributed by atoms with E-state index in [1.54, 1.807) is 6.20 Å². The van der Waals surface area contributed by atoms with Gasteiger partial charge in [-0.05, 0) is 22.9 Å². The van der Waals surface area contributed by atoms with Gasteiger partial charge in [0.25, 0.3) is 0 Å². The standard InChI is InChI=1S/C12H9N3/c13-12-7-14-10-5-8-3-1-2-4-9(8)6-11(10)15-12/h1-7H,(H2,13,15). The first-order valence-electron chi connectivity index (χ1n) is 4.74. The molecular weight excluding hydrogens is 186 g/mol. The lowest BCUT2D eigenvalue weighted by Gasteiger charge is -2.01. The number of rotatable bonds is 0. The molecule has 3 heteroatoms. The Hall–Kier alpha value is -2.16. The average Bonchev–Trinajstić information content (AvgIpc) is 2.26. The molecule has 0 amide bonds. The Balaban J connectivity index is 2.47. The molecule has 0 unspecified atom stereocenters. The van der Waals surface area contributed by atoms with Crippen LogP contribution < -0.4 is 5.73 Å². The Kier molecular flexibility index (Phi) is 1.59. The van der Waals surface area contributed by atoms with Crippen molar-refractivity contribution in [2.75, 3.05) is 5.73 Å². The van der Waals surface area contributed by atoms with Crippen LogP contribution in [0.3, 0.4) is 0 Å². The SMILES string of the molecule is Nc1cnc2cc3ccccc3cc2n1. The molecule has 2 aromatic carbocycles. The van der Waals surface area contributed by atoms with Crippen LogP contribution in [0.1, 0.15) is 0 Å². The van der Waals surface area contributed by atoms with E-state index >= 15 is 0 Å². The average molecular weight is 195 g/mol. The number of hydrogen-bond donors (Lipinski definition) is 1. The summed E-state index contributed by atoms with van der Waals surface area (Å²) in [5.41, 5.74) is 7.31. The van der Waals surface area contributed by atoms with E-state index in [4.69, 9.17) is 5.73 Å². The van der Waals surface area contributed by atoms with Crippen LogP contribution in [-0.4, -0.2) is 9.97 Å². The molecule has 0 fully saturated rings. The molecule has 0 spiro atoms. The Labute approximate surface area is 86.6 Å². The van der Waals surface area contributed by atoms with Crippen LogP contribution in [0.2, 0.25) is 0 Å². The molecular formula is C12H9N3. The van der Waals surface area contributed by atoms with Crippen LogP contribution in [0.15, 0.2) is 42.6 Å². The normalized spacial score (nSPS) is 10.9. The van der Waals surface area contributed by atoms with E-state index in [1.807, 2.05) is 24.3 Å². The highest BCUT2D eigenvalue weighted by molar-refractivity contribution is 5.94. The molecule has 0 saturated heterocycles. The Morgan fingerprint density at radius 1 is 0.933 bits per heavy atom. The van der Waals surface area contributed by atoms with Crippen LogP contribution >= 0.6 is 0 Å². The van der Waals surface area contributed by atoms with Crippen molar-refractivity contribution in [3.05, 3.63) is 42.6 Å². The minimum atomic E-state index is 0.456. The molecule has 3 nitrogen and oxygen atoms in total. The van der Waals surface area contributed by atoms with Gasteiger partial charge in [0, 0.05) is 0 Å². The fraction of sp³-hybridized carbons (Fsp3) is 0. The molecule has 0 aliphatic carbocycles. The number of benzene rings is 2. The maximum absolute atomic E-state index is 5.59. The number of hydrogen-bond acceptors (Lipinski definition) is 3. The summed E-state index contributed by atoms with van der Waals surface area (Å²) in [6, 6.07) is 12.2. The van der Waals surface area contributed by atoms with Crippen LogP contribution in [0.5, 0.6) is 0 Å². The third-order valence-corrected chi connectivity index (χ3v) is 2.43. The van der Waals surface area contributed by atoms with Gasteiger partial charge in [-0.1, -0.05) is 24.3 Å². The van der Waals surface area contributed by atoms with E-state index in [-0.39, 0.29) is 0 Å². The van der Waals surface area contributed by atoms with Crippen molar-refractivity contribution in [3.8, 4) is 0 Å². The number of nitrogen functional groups attached to an aromatic ring is 1. The van der Waals surface area contributed by atoms with Crippen LogP contribution in [0.25, 0.3) is 21.8 Å². The summed E-state index contributed by atoms with van der Waals surface area (Å²) >= 11 is 0. The number of fused-ring (bicyclic) bond motifs is 2. The summed E-state index contributed by atoms with van der Waals surface area (Å²) in [6.07, 6.45) is 1.58. The summed E-state index contributed by atoms with van der Waals surface area (Å²) in [5, 5.41) is 2.33. The van der Waals surface area contributed by atoms with Crippen molar-refractivity contribution in [2.24, 2.45) is 0 Å². The summed E-state index contributed by atoms with van der Waals surface area (Å²) in [6.45, 7) is 0. The van der Waals surface area contributed by atoms with E-state index in [2.05, 4.69) is 22.1 Å². The van der Waals surface area contributed by atoms with Crippen molar-refractivity contribution < 1.29 is 0 Å². The van der Waals surface area contributed by atoms with Gasteiger partial charge in [-0.2, -0.15) is 0 Å². The van der Waals surface area contributed by atoms with Gasteiger partial charge in [0.1, 0.15) is 5.82 Å². The molecule has 72 valence electrons. The predicted octanol–water partition coefficient (Wildman–Crippen LogP) is 2.37. The predicted molar refractivity (Wildman–Crippen MR) is 61.5 cm³/mol. The minimum absolute atomic E-state index is 0.456. The van der Waals surface area contributed by atoms with Crippen molar-refractivity contribution in [2.45, 2.75) is 0 Å². The van der Waals surface area contributed by atoms with Gasteiger partial charge in [0.2, 0.25) is 0 Å². The maximum Gasteiger partial charge on any atom is 0.142 e. The minimum Gasteiger partial charge on any atom is -0.382 e. The van der Waals surface area contributed by atoms with E-state index < -0.39 is 0 Å². The molecule has 3 aromatic rings. The third-order valence-electron chi connectivity index (χ3n) is 2.43. The lowest BCUT2D eigenvalue weighted by Crippen LogP contribution is -1.92. The molecule has 3 rings (SSSR count). The van der Waals surface area contributed by atoms with E-state index in [1.165, 1.54) is 5.39 Å². The lowest BCUT2D eigenvalue weighted by atomic mass is 10.1. The monoisotopic (exact) mass is 195 g/mol. The van der Waals surface area contributed by atoms with Crippen molar-refractivity contribution in [1.82, 2.24) is 9.97 Å². The first-order chi connectivity index (χ1) is 7.33. The molecule has 15 heavy (non-hydrogen) atoms. The zero-order valence-corrected chi connectivity index (χ0v) is 8.01. The zero-order chi connectivity index (χ0) is 10.3. The second-order valence-electron chi connectivity index (χ2n) is 3.48. The summed E-state index contributed by atoms with van der Waals surface area (Å²) < 4.78 is 0. The molecule has 0 atom stereocenters. The second-order valence-corrected chi connectivity index (χ2v) is 3.48. The Morgan fingerprint density at radius 2 is 1.60 bits per heavy atom. The molecule has 2 N–H and O–H groups in total. The number of aromatic nitrogens is 2. The third kappa shape index (κ3) is 1.29. The molecule has 0 aliphatic rings. The fourth-order valence-electron chi connectivity index (χ4n) is 1.71. The topological polar surface area (TPSA) is 51.8 Å². The van der Waals surface area contributed by atoms with Gasteiger partial charge < -0.3 is 5.73 Å². The molecule has 0 bridgehead atoms. The van der Waals surface area contributed by atoms with Crippen LogP contribution in [0, 0.1) is 0 Å². The van der Waals surface area contributed by atoms with Crippen molar-refractivity contribution >= 4 is 27.6 Å². The molecule has 0 aliphatic heterocycles. The first kappa shape index (κ1) is 8.17. The summed E-state index contributed by atoms with van der Waals surface area (Å²) in [7, 11) is 0. The highest BCUT2D eigenvalue weighted by atomic mass is 14.9. The highest BCUT2D eigenvalue weighted by Gasteiger charge is 1.99. The van der Waals surface area contributed by atoms with E-state index in [0.29, 0.717) is 5.82 Å². The smallest absolute Gasteiger partial charge is 0.142 e. The maximum atomic E-state index is 5.59. The van der Waals surface area contributed by atoms with Crippen LogP contribution in [0.4, 0.5) is 5.82 Å². The highest BCUT2D eigenvalue weighted by Crippen LogP contribution is 2.20. The van der Waals surface area contributed by atoms with Gasteiger partial charge in [-0.15, -0.1) is 0 Å². The van der Waals surface area contributed by atoms with Gasteiger partial charge in [0.15, 0.2) is 0 Å². The van der Waals surface area contributed by atoms with Gasteiger partial charge in [-0.3, -0.25) is 4.98 Å². The Bertz CT molecular complexity index is 646. The van der Waals surface area contributed by atoms with Gasteiger partial charge >= 0.3 is 0 Å². The van der Waals surface area contributed by atoms with Crippen molar-refractivity contribution in [1.29, 1.82) is 0 Å². The second kappa shape index (κ2) is 2.92. The fourth-order valence-corrected chi connectivity index (χ4v) is 1.71. The Morgan fingerprint density at radius 3 is 2.33 bits per heavy atom. The number of nitrogens with two attached hydrogens (primary N) is 1. The molecule has 0 radical (unpaired) electrons. The molecule has 1 heterocycles. The largest absolute Gasteiger partial charge is 0.382 e.